The molecule has 0 fully saturated rings. The molecule has 0 aromatic heterocycles. The van der Waals surface area contributed by atoms with Crippen LogP contribution in [0, 0.1) is 10.1 Å². The van der Waals surface area contributed by atoms with Crippen LogP contribution in [0.1, 0.15) is 13.8 Å². The van der Waals surface area contributed by atoms with Crippen molar-refractivity contribution >= 4 is 5.69 Å². The number of nitro benzene ring substituents is 1. The van der Waals surface area contributed by atoms with Crippen LogP contribution < -0.4 is 14.8 Å². The van der Waals surface area contributed by atoms with Gasteiger partial charge in [0.05, 0.1) is 12.0 Å². The lowest BCUT2D eigenvalue weighted by atomic mass is 10.3. The smallest absolute Gasteiger partial charge is 0.311 e. The second kappa shape index (κ2) is 6.80. The van der Waals surface area contributed by atoms with Gasteiger partial charge >= 0.3 is 5.69 Å². The number of rotatable bonds is 7. The summed E-state index contributed by atoms with van der Waals surface area (Å²) < 4.78 is 10.4. The minimum atomic E-state index is -0.468. The van der Waals surface area contributed by atoms with Crippen LogP contribution in [-0.2, 0) is 0 Å². The van der Waals surface area contributed by atoms with Gasteiger partial charge in [-0.25, -0.2) is 0 Å². The fourth-order valence-electron chi connectivity index (χ4n) is 1.40. The van der Waals surface area contributed by atoms with Crippen LogP contribution >= 0.6 is 0 Å². The van der Waals surface area contributed by atoms with Crippen molar-refractivity contribution in [3.05, 3.63) is 28.3 Å². The van der Waals surface area contributed by atoms with E-state index in [4.69, 9.17) is 9.47 Å². The number of nitrogens with one attached hydrogen (secondary N) is 1. The van der Waals surface area contributed by atoms with E-state index in [1.54, 1.807) is 0 Å². The van der Waals surface area contributed by atoms with Crippen molar-refractivity contribution in [3.8, 4) is 11.5 Å². The Kier molecular flexibility index (Phi) is 5.38. The minimum Gasteiger partial charge on any atom is -0.497 e. The van der Waals surface area contributed by atoms with Gasteiger partial charge in [0.1, 0.15) is 12.4 Å². The lowest BCUT2D eigenvalue weighted by Gasteiger charge is -2.10. The molecular weight excluding hydrogens is 236 g/mol. The van der Waals surface area contributed by atoms with E-state index in [2.05, 4.69) is 5.32 Å². The first-order valence-corrected chi connectivity index (χ1v) is 5.73. The number of ether oxygens (including phenoxy) is 2. The van der Waals surface area contributed by atoms with Gasteiger partial charge in [-0.3, -0.25) is 10.1 Å². The monoisotopic (exact) mass is 254 g/mol. The first-order chi connectivity index (χ1) is 8.54. The summed E-state index contributed by atoms with van der Waals surface area (Å²) in [7, 11) is 1.51. The van der Waals surface area contributed by atoms with Crippen molar-refractivity contribution in [2.75, 3.05) is 20.3 Å². The molecule has 1 aromatic rings. The number of methoxy groups -OCH3 is 1. The van der Waals surface area contributed by atoms with Gasteiger partial charge in [-0.2, -0.15) is 0 Å². The summed E-state index contributed by atoms with van der Waals surface area (Å²) in [6.45, 7) is 5.04. The Hall–Kier alpha value is -1.82. The largest absolute Gasteiger partial charge is 0.497 e. The fraction of sp³-hybridized carbons (Fsp3) is 0.500. The SMILES string of the molecule is COc1ccc([N+](=O)[O-])c(OCCNC(C)C)c1. The molecule has 1 rings (SSSR count). The van der Waals surface area contributed by atoms with Crippen molar-refractivity contribution in [2.24, 2.45) is 0 Å². The first kappa shape index (κ1) is 14.2. The molecule has 0 saturated carbocycles. The van der Waals surface area contributed by atoms with Crippen molar-refractivity contribution in [1.82, 2.24) is 5.32 Å². The Balaban J connectivity index is 2.69. The van der Waals surface area contributed by atoms with Crippen molar-refractivity contribution in [2.45, 2.75) is 19.9 Å². The van der Waals surface area contributed by atoms with Crippen LogP contribution in [0.5, 0.6) is 11.5 Å². The zero-order chi connectivity index (χ0) is 13.5. The van der Waals surface area contributed by atoms with Crippen LogP contribution in [0.3, 0.4) is 0 Å². The minimum absolute atomic E-state index is 0.0552. The van der Waals surface area contributed by atoms with Crippen LogP contribution in [0.4, 0.5) is 5.69 Å². The highest BCUT2D eigenvalue weighted by molar-refractivity contribution is 5.50. The molecule has 100 valence electrons. The Morgan fingerprint density at radius 3 is 2.72 bits per heavy atom. The van der Waals surface area contributed by atoms with E-state index in [9.17, 15) is 10.1 Å². The summed E-state index contributed by atoms with van der Waals surface area (Å²) in [6, 6.07) is 4.79. The molecule has 0 atom stereocenters. The van der Waals surface area contributed by atoms with Gasteiger partial charge in [-0.15, -0.1) is 0 Å². The van der Waals surface area contributed by atoms with Gasteiger partial charge < -0.3 is 14.8 Å². The Morgan fingerprint density at radius 2 is 2.17 bits per heavy atom. The Morgan fingerprint density at radius 1 is 1.44 bits per heavy atom. The van der Waals surface area contributed by atoms with Crippen LogP contribution in [0.2, 0.25) is 0 Å². The van der Waals surface area contributed by atoms with Crippen molar-refractivity contribution in [3.63, 3.8) is 0 Å². The Bertz CT molecular complexity index is 407. The zero-order valence-corrected chi connectivity index (χ0v) is 10.8. The zero-order valence-electron chi connectivity index (χ0n) is 10.8. The van der Waals surface area contributed by atoms with Gasteiger partial charge in [0.2, 0.25) is 5.75 Å². The maximum absolute atomic E-state index is 10.8. The number of hydrogen-bond acceptors (Lipinski definition) is 5. The molecule has 0 radical (unpaired) electrons. The molecule has 0 aliphatic rings. The summed E-state index contributed by atoms with van der Waals surface area (Å²) in [5, 5.41) is 14.0. The van der Waals surface area contributed by atoms with Crippen molar-refractivity contribution < 1.29 is 14.4 Å². The maximum atomic E-state index is 10.8. The number of benzene rings is 1. The van der Waals surface area contributed by atoms with E-state index >= 15 is 0 Å². The quantitative estimate of drug-likeness (QED) is 0.457. The third kappa shape index (κ3) is 4.21. The topological polar surface area (TPSA) is 73.6 Å². The fourth-order valence-corrected chi connectivity index (χ4v) is 1.40. The molecule has 18 heavy (non-hydrogen) atoms. The van der Waals surface area contributed by atoms with E-state index in [0.29, 0.717) is 24.9 Å². The summed E-state index contributed by atoms with van der Waals surface area (Å²) in [6.07, 6.45) is 0. The van der Waals surface area contributed by atoms with Crippen molar-refractivity contribution in [1.29, 1.82) is 0 Å². The average Bonchev–Trinajstić information content (AvgIpc) is 2.33. The normalized spacial score (nSPS) is 10.4. The lowest BCUT2D eigenvalue weighted by Crippen LogP contribution is -2.27. The molecule has 0 bridgehead atoms. The van der Waals surface area contributed by atoms with E-state index in [1.807, 2.05) is 13.8 Å². The first-order valence-electron chi connectivity index (χ1n) is 5.73. The summed E-state index contributed by atoms with van der Waals surface area (Å²) in [4.78, 5) is 10.4. The second-order valence-corrected chi connectivity index (χ2v) is 4.05. The van der Waals surface area contributed by atoms with E-state index in [1.165, 1.54) is 25.3 Å². The summed E-state index contributed by atoms with van der Waals surface area (Å²) in [5.41, 5.74) is -0.0552. The number of nitro groups is 1. The highest BCUT2D eigenvalue weighted by atomic mass is 16.6. The molecule has 0 saturated heterocycles. The van der Waals surface area contributed by atoms with E-state index in [0.717, 1.165) is 0 Å². The van der Waals surface area contributed by atoms with Gasteiger partial charge in [0, 0.05) is 24.7 Å². The average molecular weight is 254 g/mol. The molecule has 0 heterocycles. The van der Waals surface area contributed by atoms with Crippen LogP contribution in [0.15, 0.2) is 18.2 Å². The molecule has 0 aliphatic carbocycles. The standard InChI is InChI=1S/C12H18N2O4/c1-9(2)13-6-7-18-12-8-10(17-3)4-5-11(12)14(15)16/h4-5,8-9,13H,6-7H2,1-3H3. The lowest BCUT2D eigenvalue weighted by molar-refractivity contribution is -0.385. The van der Waals surface area contributed by atoms with Gasteiger partial charge in [0.25, 0.3) is 0 Å². The maximum Gasteiger partial charge on any atom is 0.311 e. The molecule has 1 aromatic carbocycles. The van der Waals surface area contributed by atoms with Crippen LogP contribution in [0.25, 0.3) is 0 Å². The second-order valence-electron chi connectivity index (χ2n) is 4.05. The molecule has 0 spiro atoms. The molecule has 0 unspecified atom stereocenters. The highest BCUT2D eigenvalue weighted by Crippen LogP contribution is 2.30. The van der Waals surface area contributed by atoms with Gasteiger partial charge in [-0.05, 0) is 6.07 Å². The van der Waals surface area contributed by atoms with Crippen LogP contribution in [-0.4, -0.2) is 31.2 Å². The molecular formula is C12H18N2O4. The molecule has 6 heteroatoms. The predicted molar refractivity (Wildman–Crippen MR) is 68.3 cm³/mol. The third-order valence-electron chi connectivity index (χ3n) is 2.28. The molecule has 1 N–H and O–H groups in total. The summed E-state index contributed by atoms with van der Waals surface area (Å²) >= 11 is 0. The molecule has 0 aliphatic heterocycles. The Labute approximate surface area is 106 Å². The van der Waals surface area contributed by atoms with Gasteiger partial charge in [0.15, 0.2) is 0 Å². The van der Waals surface area contributed by atoms with Gasteiger partial charge in [-0.1, -0.05) is 13.8 Å². The third-order valence-corrected chi connectivity index (χ3v) is 2.28. The summed E-state index contributed by atoms with van der Waals surface area (Å²) in [5.74, 6) is 0.761. The molecule has 0 amide bonds. The van der Waals surface area contributed by atoms with E-state index in [-0.39, 0.29) is 11.4 Å². The predicted octanol–water partition coefficient (Wildman–Crippen LogP) is 1.98. The van der Waals surface area contributed by atoms with E-state index < -0.39 is 4.92 Å². The molecule has 6 nitrogen and oxygen atoms in total. The number of nitrogens with zero attached hydrogens (tertiary/aromatic N) is 1. The number of hydrogen-bond donors (Lipinski definition) is 1. The highest BCUT2D eigenvalue weighted by Gasteiger charge is 2.15.